The number of nitrogens with zero attached hydrogens (tertiary/aromatic N) is 1. The lowest BCUT2D eigenvalue weighted by molar-refractivity contribution is -0.159. The van der Waals surface area contributed by atoms with E-state index in [1.54, 1.807) is 45.2 Å². The molecular weight excluding hydrogens is 380 g/mol. The lowest BCUT2D eigenvalue weighted by Gasteiger charge is -2.28. The molecule has 2 aromatic rings. The third-order valence-electron chi connectivity index (χ3n) is 4.56. The predicted molar refractivity (Wildman–Crippen MR) is 101 cm³/mol. The summed E-state index contributed by atoms with van der Waals surface area (Å²) >= 11 is 0. The average molecular weight is 401 g/mol. The molecule has 1 saturated heterocycles. The van der Waals surface area contributed by atoms with Crippen LogP contribution in [0, 0.1) is 11.6 Å². The lowest BCUT2D eigenvalue weighted by Crippen LogP contribution is -2.31. The summed E-state index contributed by atoms with van der Waals surface area (Å²) < 4.78 is 37.0. The van der Waals surface area contributed by atoms with Gasteiger partial charge in [0.15, 0.2) is 0 Å². The van der Waals surface area contributed by atoms with Crippen molar-refractivity contribution in [3.8, 4) is 0 Å². The highest BCUT2D eigenvalue weighted by molar-refractivity contribution is 5.98. The number of hydrogen-bond acceptors (Lipinski definition) is 4. The molecule has 0 aromatic heterocycles. The van der Waals surface area contributed by atoms with Gasteiger partial charge in [0.05, 0.1) is 12.1 Å². The molecule has 152 valence electrons. The highest BCUT2D eigenvalue weighted by Gasteiger charge is 2.38. The molecule has 1 atom stereocenters. The Bertz CT molecular complexity index is 936. The summed E-state index contributed by atoms with van der Waals surface area (Å²) in [6.07, 6.45) is 1.45. The molecule has 0 aliphatic carbocycles. The van der Waals surface area contributed by atoms with Gasteiger partial charge in [-0.25, -0.2) is 13.6 Å². The molecule has 1 unspecified atom stereocenters. The van der Waals surface area contributed by atoms with E-state index in [4.69, 9.17) is 9.47 Å². The Labute approximate surface area is 167 Å². The first-order chi connectivity index (χ1) is 13.6. The van der Waals surface area contributed by atoms with Gasteiger partial charge in [0.25, 0.3) is 5.91 Å². The largest absolute Gasteiger partial charge is 0.445 e. The van der Waals surface area contributed by atoms with Crippen LogP contribution in [0.4, 0.5) is 8.78 Å². The van der Waals surface area contributed by atoms with Crippen LogP contribution in [0.3, 0.4) is 0 Å². The van der Waals surface area contributed by atoms with E-state index in [2.05, 4.69) is 0 Å². The number of esters is 1. The molecule has 5 nitrogen and oxygen atoms in total. The maximum absolute atomic E-state index is 13.4. The fourth-order valence-corrected chi connectivity index (χ4v) is 3.06. The Kier molecular flexibility index (Phi) is 5.68. The van der Waals surface area contributed by atoms with Gasteiger partial charge in [-0.15, -0.1) is 0 Å². The van der Waals surface area contributed by atoms with Gasteiger partial charge >= 0.3 is 5.97 Å². The number of cyclic esters (lactones) is 1. The van der Waals surface area contributed by atoms with Crippen LogP contribution in [-0.4, -0.2) is 29.6 Å². The second kappa shape index (κ2) is 8.03. The highest BCUT2D eigenvalue weighted by atomic mass is 19.1. The number of amides is 1. The molecule has 3 rings (SSSR count). The lowest BCUT2D eigenvalue weighted by atomic mass is 9.97. The first-order valence-corrected chi connectivity index (χ1v) is 9.05. The summed E-state index contributed by atoms with van der Waals surface area (Å²) in [6, 6.07) is 11.2. The zero-order valence-corrected chi connectivity index (χ0v) is 16.3. The standard InChI is InChI=1S/C22H21F2NO4/c1-22(2)28-19(21(27)29-22)13-20(26)25(3)18(15-6-10-17(24)11-7-15)12-14-4-8-16(23)9-5-14/h4-11,13,18H,12H2,1-3H3/b19-13+. The van der Waals surface area contributed by atoms with Gasteiger partial charge in [0.2, 0.25) is 11.5 Å². The first-order valence-electron chi connectivity index (χ1n) is 9.05. The van der Waals surface area contributed by atoms with Gasteiger partial charge in [0.1, 0.15) is 11.6 Å². The van der Waals surface area contributed by atoms with Gasteiger partial charge in [-0.2, -0.15) is 0 Å². The zero-order chi connectivity index (χ0) is 21.2. The molecule has 1 amide bonds. The van der Waals surface area contributed by atoms with Crippen molar-refractivity contribution in [2.45, 2.75) is 32.1 Å². The number of ether oxygens (including phenoxy) is 2. The molecule has 2 aromatic carbocycles. The molecule has 29 heavy (non-hydrogen) atoms. The van der Waals surface area contributed by atoms with Crippen molar-refractivity contribution in [3.05, 3.63) is 83.1 Å². The Morgan fingerprint density at radius 2 is 1.59 bits per heavy atom. The predicted octanol–water partition coefficient (Wildman–Crippen LogP) is 3.90. The fraction of sp³-hybridized carbons (Fsp3) is 0.273. The maximum Gasteiger partial charge on any atom is 0.377 e. The molecular formula is C22H21F2NO4. The minimum atomic E-state index is -1.13. The number of rotatable bonds is 5. The molecule has 1 aliphatic rings. The number of benzene rings is 2. The molecule has 1 heterocycles. The van der Waals surface area contributed by atoms with Crippen LogP contribution in [0.2, 0.25) is 0 Å². The van der Waals surface area contributed by atoms with Gasteiger partial charge in [-0.3, -0.25) is 4.79 Å². The van der Waals surface area contributed by atoms with Gasteiger partial charge in [0, 0.05) is 20.9 Å². The summed E-state index contributed by atoms with van der Waals surface area (Å²) in [5.41, 5.74) is 1.49. The van der Waals surface area contributed by atoms with Crippen LogP contribution in [0.5, 0.6) is 0 Å². The van der Waals surface area contributed by atoms with E-state index in [-0.39, 0.29) is 11.6 Å². The van der Waals surface area contributed by atoms with E-state index in [0.29, 0.717) is 12.0 Å². The molecule has 0 spiro atoms. The summed E-state index contributed by atoms with van der Waals surface area (Å²) in [7, 11) is 1.57. The number of carbonyl (C=O) groups is 2. The van der Waals surface area contributed by atoms with Crippen molar-refractivity contribution >= 4 is 11.9 Å². The van der Waals surface area contributed by atoms with E-state index in [9.17, 15) is 18.4 Å². The molecule has 0 bridgehead atoms. The fourth-order valence-electron chi connectivity index (χ4n) is 3.06. The Morgan fingerprint density at radius 3 is 2.10 bits per heavy atom. The molecule has 0 saturated carbocycles. The van der Waals surface area contributed by atoms with Crippen LogP contribution in [0.1, 0.15) is 31.0 Å². The topological polar surface area (TPSA) is 55.8 Å². The van der Waals surface area contributed by atoms with Crippen molar-refractivity contribution in [2.24, 2.45) is 0 Å². The van der Waals surface area contributed by atoms with Crippen molar-refractivity contribution in [3.63, 3.8) is 0 Å². The Morgan fingerprint density at radius 1 is 1.03 bits per heavy atom. The Hall–Kier alpha value is -3.22. The van der Waals surface area contributed by atoms with Crippen molar-refractivity contribution in [1.29, 1.82) is 0 Å². The summed E-state index contributed by atoms with van der Waals surface area (Å²) in [4.78, 5) is 26.1. The molecule has 1 aliphatic heterocycles. The summed E-state index contributed by atoms with van der Waals surface area (Å²) in [6.45, 7) is 3.13. The zero-order valence-electron chi connectivity index (χ0n) is 16.3. The second-order valence-corrected chi connectivity index (χ2v) is 7.25. The van der Waals surface area contributed by atoms with Crippen LogP contribution in [0.25, 0.3) is 0 Å². The van der Waals surface area contributed by atoms with Crippen molar-refractivity contribution < 1.29 is 27.8 Å². The molecule has 0 N–H and O–H groups in total. The van der Waals surface area contributed by atoms with E-state index in [1.807, 2.05) is 0 Å². The number of carbonyl (C=O) groups excluding carboxylic acids is 2. The third-order valence-corrected chi connectivity index (χ3v) is 4.56. The first kappa shape index (κ1) is 20.5. The van der Waals surface area contributed by atoms with E-state index in [0.717, 1.165) is 11.6 Å². The van der Waals surface area contributed by atoms with Crippen LogP contribution in [0.15, 0.2) is 60.4 Å². The normalized spacial score (nSPS) is 17.6. The quantitative estimate of drug-likeness (QED) is 0.563. The monoisotopic (exact) mass is 401 g/mol. The van der Waals surface area contributed by atoms with Crippen molar-refractivity contribution in [1.82, 2.24) is 4.90 Å². The number of halogens is 2. The number of likely N-dealkylation sites (N-methyl/N-ethyl adjacent to an activating group) is 1. The Balaban J connectivity index is 1.88. The van der Waals surface area contributed by atoms with E-state index < -0.39 is 29.5 Å². The average Bonchev–Trinajstić information content (AvgIpc) is 2.93. The smallest absolute Gasteiger partial charge is 0.377 e. The van der Waals surface area contributed by atoms with Gasteiger partial charge in [-0.1, -0.05) is 24.3 Å². The second-order valence-electron chi connectivity index (χ2n) is 7.25. The van der Waals surface area contributed by atoms with Gasteiger partial charge in [-0.05, 0) is 41.8 Å². The van der Waals surface area contributed by atoms with E-state index >= 15 is 0 Å². The van der Waals surface area contributed by atoms with Crippen LogP contribution < -0.4 is 0 Å². The van der Waals surface area contributed by atoms with Crippen LogP contribution >= 0.6 is 0 Å². The van der Waals surface area contributed by atoms with Crippen LogP contribution in [-0.2, 0) is 25.5 Å². The maximum atomic E-state index is 13.4. The summed E-state index contributed by atoms with van der Waals surface area (Å²) in [5, 5.41) is 0. The van der Waals surface area contributed by atoms with Crippen molar-refractivity contribution in [2.75, 3.05) is 7.05 Å². The third kappa shape index (κ3) is 4.99. The minimum Gasteiger partial charge on any atom is -0.445 e. The summed E-state index contributed by atoms with van der Waals surface area (Å²) in [5.74, 6) is -3.26. The van der Waals surface area contributed by atoms with Gasteiger partial charge < -0.3 is 14.4 Å². The SMILES string of the molecule is CN(C(=O)/C=C1/OC(C)(C)OC1=O)C(Cc1ccc(F)cc1)c1ccc(F)cc1. The minimum absolute atomic E-state index is 0.175. The highest BCUT2D eigenvalue weighted by Crippen LogP contribution is 2.28. The molecule has 1 fully saturated rings. The molecule has 7 heteroatoms. The van der Waals surface area contributed by atoms with E-state index in [1.165, 1.54) is 29.2 Å². The number of hydrogen-bond donors (Lipinski definition) is 0. The molecule has 0 radical (unpaired) electrons.